The summed E-state index contributed by atoms with van der Waals surface area (Å²) in [6.45, 7) is 2.63. The van der Waals surface area contributed by atoms with Crippen LogP contribution in [0.5, 0.6) is 5.75 Å². The van der Waals surface area contributed by atoms with Crippen molar-refractivity contribution in [2.75, 3.05) is 24.8 Å². The molecule has 1 heterocycles. The van der Waals surface area contributed by atoms with Gasteiger partial charge in [0.1, 0.15) is 24.1 Å². The fourth-order valence-electron chi connectivity index (χ4n) is 2.17. The lowest BCUT2D eigenvalue weighted by Crippen LogP contribution is -2.33. The third-order valence-corrected chi connectivity index (χ3v) is 5.21. The average molecular weight is 349 g/mol. The van der Waals surface area contributed by atoms with Crippen LogP contribution in [-0.4, -0.2) is 34.8 Å². The number of para-hydroxylation sites is 2. The Morgan fingerprint density at radius 3 is 2.46 bits per heavy atom. The summed E-state index contributed by atoms with van der Waals surface area (Å²) in [7, 11) is -2.41. The molecule has 0 saturated carbocycles. The second-order valence-electron chi connectivity index (χ2n) is 5.47. The number of sulfonamides is 1. The molecule has 2 aromatic rings. The number of benzene rings is 2. The third-order valence-electron chi connectivity index (χ3n) is 3.60. The molecule has 1 aliphatic rings. The molecule has 1 atom stereocenters. The van der Waals surface area contributed by atoms with Crippen molar-refractivity contribution in [3.8, 4) is 5.75 Å². The zero-order chi connectivity index (χ0) is 17.2. The van der Waals surface area contributed by atoms with Gasteiger partial charge in [-0.2, -0.15) is 8.42 Å². The van der Waals surface area contributed by atoms with E-state index in [1.807, 2.05) is 6.92 Å². The van der Waals surface area contributed by atoms with Crippen LogP contribution in [0, 0.1) is 6.92 Å². The van der Waals surface area contributed by atoms with E-state index in [1.165, 1.54) is 7.11 Å². The largest absolute Gasteiger partial charge is 0.494 e. The third kappa shape index (κ3) is 3.53. The van der Waals surface area contributed by atoms with Crippen molar-refractivity contribution in [1.29, 1.82) is 0 Å². The van der Waals surface area contributed by atoms with Gasteiger partial charge in [0.25, 0.3) is 10.0 Å². The van der Waals surface area contributed by atoms with Crippen LogP contribution in [0.3, 0.4) is 0 Å². The predicted molar refractivity (Wildman–Crippen MR) is 89.5 cm³/mol. The number of methoxy groups -OCH3 is 1. The zero-order valence-corrected chi connectivity index (χ0v) is 14.3. The summed E-state index contributed by atoms with van der Waals surface area (Å²) >= 11 is 0. The van der Waals surface area contributed by atoms with Gasteiger partial charge >= 0.3 is 0 Å². The van der Waals surface area contributed by atoms with Crippen LogP contribution in [0.2, 0.25) is 0 Å². The maximum absolute atomic E-state index is 13.0. The van der Waals surface area contributed by atoms with Gasteiger partial charge in [-0.25, -0.2) is 0 Å². The molecule has 0 radical (unpaired) electrons. The van der Waals surface area contributed by atoms with Gasteiger partial charge in [0.05, 0.1) is 18.6 Å². The topological polar surface area (TPSA) is 68.4 Å². The van der Waals surface area contributed by atoms with Crippen LogP contribution >= 0.6 is 0 Å². The van der Waals surface area contributed by atoms with Crippen molar-refractivity contribution in [2.24, 2.45) is 0 Å². The lowest BCUT2D eigenvalue weighted by molar-refractivity contribution is 0.128. The highest BCUT2D eigenvalue weighted by Crippen LogP contribution is 2.33. The Morgan fingerprint density at radius 1 is 1.17 bits per heavy atom. The van der Waals surface area contributed by atoms with Crippen LogP contribution in [0.15, 0.2) is 53.4 Å². The summed E-state index contributed by atoms with van der Waals surface area (Å²) in [5, 5.41) is 0. The minimum atomic E-state index is -3.90. The Kier molecular flexibility index (Phi) is 4.75. The number of rotatable bonds is 7. The molecule has 7 heteroatoms. The smallest absolute Gasteiger partial charge is 0.286 e. The lowest BCUT2D eigenvalue weighted by Gasteiger charge is -2.24. The van der Waals surface area contributed by atoms with E-state index in [0.717, 1.165) is 10.0 Å². The van der Waals surface area contributed by atoms with E-state index < -0.39 is 10.0 Å². The molecule has 1 fully saturated rings. The molecule has 6 nitrogen and oxygen atoms in total. The summed E-state index contributed by atoms with van der Waals surface area (Å²) in [4.78, 5) is 5.73. The quantitative estimate of drug-likeness (QED) is 0.567. The second-order valence-corrected chi connectivity index (χ2v) is 7.22. The monoisotopic (exact) mass is 349 g/mol. The molecule has 1 saturated heterocycles. The SMILES string of the molecule is COc1ccccc1N(OCC1CO1)S(=O)(=O)c1ccc(C)cc1. The van der Waals surface area contributed by atoms with Gasteiger partial charge < -0.3 is 9.47 Å². The van der Waals surface area contributed by atoms with Crippen molar-refractivity contribution in [3.63, 3.8) is 0 Å². The van der Waals surface area contributed by atoms with E-state index in [2.05, 4.69) is 0 Å². The second kappa shape index (κ2) is 6.80. The lowest BCUT2D eigenvalue weighted by atomic mass is 10.2. The average Bonchev–Trinajstić information content (AvgIpc) is 3.40. The molecule has 0 N–H and O–H groups in total. The number of hydrogen-bond donors (Lipinski definition) is 0. The van der Waals surface area contributed by atoms with E-state index in [-0.39, 0.29) is 17.6 Å². The highest BCUT2D eigenvalue weighted by atomic mass is 32.2. The van der Waals surface area contributed by atoms with Gasteiger partial charge in [0, 0.05) is 0 Å². The number of nitrogens with zero attached hydrogens (tertiary/aromatic N) is 1. The van der Waals surface area contributed by atoms with Gasteiger partial charge in [-0.15, -0.1) is 4.47 Å². The predicted octanol–water partition coefficient (Wildman–Crippen LogP) is 2.53. The van der Waals surface area contributed by atoms with Crippen molar-refractivity contribution >= 4 is 15.7 Å². The van der Waals surface area contributed by atoms with Gasteiger partial charge in [-0.3, -0.25) is 4.84 Å². The fraction of sp³-hybridized carbons (Fsp3) is 0.294. The molecule has 24 heavy (non-hydrogen) atoms. The summed E-state index contributed by atoms with van der Waals surface area (Å²) in [6.07, 6.45) is -0.0737. The molecule has 1 unspecified atom stereocenters. The van der Waals surface area contributed by atoms with Crippen LogP contribution in [0.25, 0.3) is 0 Å². The standard InChI is InChI=1S/C17H19NO5S/c1-13-7-9-15(10-8-13)24(19,20)18(23-12-14-11-22-14)16-5-3-4-6-17(16)21-2/h3-10,14H,11-12H2,1-2H3. The van der Waals surface area contributed by atoms with Crippen LogP contribution in [-0.2, 0) is 19.6 Å². The molecule has 0 spiro atoms. The highest BCUT2D eigenvalue weighted by Gasteiger charge is 2.32. The number of hydrogen-bond acceptors (Lipinski definition) is 5. The summed E-state index contributed by atoms with van der Waals surface area (Å²) in [5.41, 5.74) is 1.30. The van der Waals surface area contributed by atoms with Crippen LogP contribution in [0.1, 0.15) is 5.56 Å². The molecule has 128 valence electrons. The van der Waals surface area contributed by atoms with Gasteiger partial charge in [0.2, 0.25) is 0 Å². The highest BCUT2D eigenvalue weighted by molar-refractivity contribution is 7.92. The first kappa shape index (κ1) is 16.8. The molecular weight excluding hydrogens is 330 g/mol. The van der Waals surface area contributed by atoms with Crippen molar-refractivity contribution < 1.29 is 22.7 Å². The first-order chi connectivity index (χ1) is 11.5. The normalized spacial score (nSPS) is 16.7. The molecule has 2 aromatic carbocycles. The van der Waals surface area contributed by atoms with E-state index in [1.54, 1.807) is 48.5 Å². The van der Waals surface area contributed by atoms with Crippen molar-refractivity contribution in [3.05, 3.63) is 54.1 Å². The molecule has 0 amide bonds. The van der Waals surface area contributed by atoms with E-state index in [9.17, 15) is 8.42 Å². The van der Waals surface area contributed by atoms with Crippen molar-refractivity contribution in [1.82, 2.24) is 0 Å². The Hall–Kier alpha value is -2.09. The van der Waals surface area contributed by atoms with Gasteiger partial charge in [-0.1, -0.05) is 29.8 Å². The van der Waals surface area contributed by atoms with Crippen molar-refractivity contribution in [2.45, 2.75) is 17.9 Å². The van der Waals surface area contributed by atoms with Crippen LogP contribution in [0.4, 0.5) is 5.69 Å². The number of aryl methyl sites for hydroxylation is 1. The number of epoxide rings is 1. The number of anilines is 1. The summed E-state index contributed by atoms with van der Waals surface area (Å²) in [5.74, 6) is 0.407. The Morgan fingerprint density at radius 2 is 1.83 bits per heavy atom. The molecule has 3 rings (SSSR count). The minimum absolute atomic E-state index is 0.0737. The zero-order valence-electron chi connectivity index (χ0n) is 13.5. The summed E-state index contributed by atoms with van der Waals surface area (Å²) < 4.78 is 37.4. The van der Waals surface area contributed by atoms with E-state index in [0.29, 0.717) is 18.0 Å². The molecule has 0 bridgehead atoms. The Balaban J connectivity index is 2.01. The van der Waals surface area contributed by atoms with Gasteiger partial charge in [-0.05, 0) is 31.2 Å². The van der Waals surface area contributed by atoms with E-state index in [4.69, 9.17) is 14.3 Å². The molecular formula is C17H19NO5S. The first-order valence-corrected chi connectivity index (χ1v) is 8.96. The van der Waals surface area contributed by atoms with E-state index >= 15 is 0 Å². The Labute approximate surface area is 141 Å². The maximum atomic E-state index is 13.0. The fourth-order valence-corrected chi connectivity index (χ4v) is 3.45. The summed E-state index contributed by atoms with van der Waals surface area (Å²) in [6, 6.07) is 13.4. The maximum Gasteiger partial charge on any atom is 0.286 e. The molecule has 0 aliphatic carbocycles. The molecule has 0 aromatic heterocycles. The minimum Gasteiger partial charge on any atom is -0.494 e. The number of ether oxygens (including phenoxy) is 2. The molecule has 1 aliphatic heterocycles. The van der Waals surface area contributed by atoms with Gasteiger partial charge in [0.15, 0.2) is 0 Å². The van der Waals surface area contributed by atoms with Crippen LogP contribution < -0.4 is 9.21 Å². The Bertz CT molecular complexity index is 800. The first-order valence-electron chi connectivity index (χ1n) is 7.52.